The van der Waals surface area contributed by atoms with Gasteiger partial charge in [0.1, 0.15) is 6.10 Å². The van der Waals surface area contributed by atoms with Crippen LogP contribution in [0.2, 0.25) is 0 Å². The summed E-state index contributed by atoms with van der Waals surface area (Å²) in [5, 5.41) is 0. The zero-order valence-corrected chi connectivity index (χ0v) is 12.5. The number of ether oxygens (including phenoxy) is 1. The number of nitrogens with zero attached hydrogens (tertiary/aromatic N) is 1. The summed E-state index contributed by atoms with van der Waals surface area (Å²) in [5.74, 6) is -11.3. The molecule has 1 aliphatic heterocycles. The molecular weight excluding hydrogens is 329 g/mol. The fraction of sp³-hybridized carbons (Fsp3) is 0.294. The molecule has 1 fully saturated rings. The summed E-state index contributed by atoms with van der Waals surface area (Å²) in [6, 6.07) is 9.31. The van der Waals surface area contributed by atoms with Crippen LogP contribution in [0.5, 0.6) is 5.75 Å². The Labute approximate surface area is 135 Å². The Bertz CT molecular complexity index is 709. The molecule has 128 valence electrons. The van der Waals surface area contributed by atoms with Crippen molar-refractivity contribution in [3.05, 3.63) is 59.4 Å². The van der Waals surface area contributed by atoms with Crippen LogP contribution in [0.4, 0.5) is 27.6 Å². The molecule has 1 heterocycles. The van der Waals surface area contributed by atoms with E-state index in [4.69, 9.17) is 4.74 Å². The smallest absolute Gasteiger partial charge is 0.207 e. The van der Waals surface area contributed by atoms with E-state index in [2.05, 4.69) is 0 Å². The fourth-order valence-electron chi connectivity index (χ4n) is 2.76. The number of benzene rings is 2. The van der Waals surface area contributed by atoms with Gasteiger partial charge in [0, 0.05) is 12.2 Å². The Hall–Kier alpha value is -2.31. The minimum Gasteiger partial charge on any atom is -0.482 e. The van der Waals surface area contributed by atoms with E-state index in [1.165, 1.54) is 0 Å². The molecule has 24 heavy (non-hydrogen) atoms. The number of piperidine rings is 1. The number of anilines is 1. The Morgan fingerprint density at radius 3 is 2.04 bits per heavy atom. The van der Waals surface area contributed by atoms with Crippen molar-refractivity contribution in [1.82, 2.24) is 0 Å². The molecular formula is C17H14F5NO. The molecule has 1 atom stereocenters. The van der Waals surface area contributed by atoms with Crippen molar-refractivity contribution >= 4 is 5.69 Å². The lowest BCUT2D eigenvalue weighted by Crippen LogP contribution is -2.41. The molecule has 0 bridgehead atoms. The lowest BCUT2D eigenvalue weighted by Gasteiger charge is -2.34. The van der Waals surface area contributed by atoms with Crippen molar-refractivity contribution in [2.45, 2.75) is 18.9 Å². The van der Waals surface area contributed by atoms with Crippen LogP contribution in [-0.4, -0.2) is 19.2 Å². The molecule has 1 aliphatic rings. The third-order valence-electron chi connectivity index (χ3n) is 3.95. The van der Waals surface area contributed by atoms with E-state index < -0.39 is 40.9 Å². The van der Waals surface area contributed by atoms with Crippen LogP contribution in [0.1, 0.15) is 12.8 Å². The second kappa shape index (κ2) is 6.67. The van der Waals surface area contributed by atoms with Crippen molar-refractivity contribution in [2.75, 3.05) is 18.0 Å². The van der Waals surface area contributed by atoms with Crippen molar-refractivity contribution in [1.29, 1.82) is 0 Å². The maximum Gasteiger partial charge on any atom is 0.207 e. The van der Waals surface area contributed by atoms with E-state index in [0.717, 1.165) is 12.2 Å². The summed E-state index contributed by atoms with van der Waals surface area (Å²) >= 11 is 0. The Morgan fingerprint density at radius 1 is 0.833 bits per heavy atom. The molecule has 7 heteroatoms. The standard InChI is InChI=1S/C17H14F5NO/c18-12-13(19)15(21)17(16(22)14(12)20)24-11-7-4-8-23(9-11)10-5-2-1-3-6-10/h1-3,5-6,11H,4,7-9H2. The van der Waals surface area contributed by atoms with Crippen LogP contribution >= 0.6 is 0 Å². The lowest BCUT2D eigenvalue weighted by atomic mass is 10.1. The predicted octanol–water partition coefficient (Wildman–Crippen LogP) is 4.43. The van der Waals surface area contributed by atoms with Crippen molar-refractivity contribution in [2.24, 2.45) is 0 Å². The van der Waals surface area contributed by atoms with Gasteiger partial charge >= 0.3 is 0 Å². The second-order valence-corrected chi connectivity index (χ2v) is 5.56. The van der Waals surface area contributed by atoms with Gasteiger partial charge in [-0.15, -0.1) is 0 Å². The Balaban J connectivity index is 1.82. The quantitative estimate of drug-likeness (QED) is 0.464. The van der Waals surface area contributed by atoms with Gasteiger partial charge in [0.25, 0.3) is 0 Å². The first-order valence-corrected chi connectivity index (χ1v) is 7.47. The Kier molecular flexibility index (Phi) is 4.59. The minimum absolute atomic E-state index is 0.295. The normalized spacial score (nSPS) is 17.9. The van der Waals surface area contributed by atoms with Gasteiger partial charge in [0.15, 0.2) is 5.75 Å². The molecule has 0 aliphatic carbocycles. The molecule has 3 rings (SSSR count). The summed E-state index contributed by atoms with van der Waals surface area (Å²) in [4.78, 5) is 1.94. The maximum absolute atomic E-state index is 13.7. The van der Waals surface area contributed by atoms with Crippen LogP contribution in [0.3, 0.4) is 0 Å². The van der Waals surface area contributed by atoms with Gasteiger partial charge < -0.3 is 9.64 Å². The van der Waals surface area contributed by atoms with Gasteiger partial charge in [0.05, 0.1) is 6.54 Å². The van der Waals surface area contributed by atoms with E-state index in [1.807, 2.05) is 35.2 Å². The maximum atomic E-state index is 13.7. The molecule has 0 spiro atoms. The number of hydrogen-bond donors (Lipinski definition) is 0. The molecule has 1 unspecified atom stereocenters. The predicted molar refractivity (Wildman–Crippen MR) is 78.5 cm³/mol. The summed E-state index contributed by atoms with van der Waals surface area (Å²) < 4.78 is 72.1. The van der Waals surface area contributed by atoms with Gasteiger partial charge in [-0.2, -0.15) is 8.78 Å². The molecule has 0 saturated carbocycles. The van der Waals surface area contributed by atoms with E-state index in [1.54, 1.807) is 0 Å². The summed E-state index contributed by atoms with van der Waals surface area (Å²) in [6.45, 7) is 1.02. The molecule has 0 radical (unpaired) electrons. The van der Waals surface area contributed by atoms with Gasteiger partial charge in [-0.05, 0) is 25.0 Å². The average Bonchev–Trinajstić information content (AvgIpc) is 2.63. The third kappa shape index (κ3) is 3.02. The zero-order valence-electron chi connectivity index (χ0n) is 12.5. The monoisotopic (exact) mass is 343 g/mol. The number of para-hydroxylation sites is 1. The fourth-order valence-corrected chi connectivity index (χ4v) is 2.76. The van der Waals surface area contributed by atoms with E-state index in [0.29, 0.717) is 19.4 Å². The SMILES string of the molecule is Fc1c(F)c(F)c(OC2CCCN(c3ccccc3)C2)c(F)c1F. The molecule has 0 N–H and O–H groups in total. The highest BCUT2D eigenvalue weighted by Gasteiger charge is 2.30. The topological polar surface area (TPSA) is 12.5 Å². The third-order valence-corrected chi connectivity index (χ3v) is 3.95. The lowest BCUT2D eigenvalue weighted by molar-refractivity contribution is 0.158. The molecule has 2 aromatic rings. The van der Waals surface area contributed by atoms with Crippen LogP contribution < -0.4 is 9.64 Å². The number of hydrogen-bond acceptors (Lipinski definition) is 2. The highest BCUT2D eigenvalue weighted by atomic mass is 19.2. The first-order chi connectivity index (χ1) is 11.5. The van der Waals surface area contributed by atoms with Crippen molar-refractivity contribution in [3.63, 3.8) is 0 Å². The highest BCUT2D eigenvalue weighted by molar-refractivity contribution is 5.46. The van der Waals surface area contributed by atoms with Gasteiger partial charge in [-0.25, -0.2) is 13.2 Å². The van der Waals surface area contributed by atoms with Crippen LogP contribution in [0, 0.1) is 29.1 Å². The van der Waals surface area contributed by atoms with Crippen molar-refractivity contribution in [3.8, 4) is 5.75 Å². The first-order valence-electron chi connectivity index (χ1n) is 7.47. The van der Waals surface area contributed by atoms with Gasteiger partial charge in [0.2, 0.25) is 29.1 Å². The van der Waals surface area contributed by atoms with Crippen LogP contribution in [-0.2, 0) is 0 Å². The van der Waals surface area contributed by atoms with Crippen LogP contribution in [0.15, 0.2) is 30.3 Å². The largest absolute Gasteiger partial charge is 0.482 e. The molecule has 2 aromatic carbocycles. The van der Waals surface area contributed by atoms with E-state index in [-0.39, 0.29) is 0 Å². The average molecular weight is 343 g/mol. The molecule has 2 nitrogen and oxygen atoms in total. The molecule has 0 aromatic heterocycles. The second-order valence-electron chi connectivity index (χ2n) is 5.56. The Morgan fingerprint density at radius 2 is 1.42 bits per heavy atom. The van der Waals surface area contributed by atoms with E-state index >= 15 is 0 Å². The summed E-state index contributed by atoms with van der Waals surface area (Å²) in [6.07, 6.45) is 0.463. The highest BCUT2D eigenvalue weighted by Crippen LogP contribution is 2.31. The van der Waals surface area contributed by atoms with Crippen molar-refractivity contribution < 1.29 is 26.7 Å². The van der Waals surface area contributed by atoms with Gasteiger partial charge in [-0.1, -0.05) is 18.2 Å². The first kappa shape index (κ1) is 16.5. The molecule has 0 amide bonds. The number of rotatable bonds is 3. The summed E-state index contributed by atoms with van der Waals surface area (Å²) in [5.41, 5.74) is 0.906. The minimum atomic E-state index is -2.19. The van der Waals surface area contributed by atoms with Crippen LogP contribution in [0.25, 0.3) is 0 Å². The molecule has 1 saturated heterocycles. The summed E-state index contributed by atoms with van der Waals surface area (Å²) in [7, 11) is 0. The number of halogens is 5. The van der Waals surface area contributed by atoms with E-state index in [9.17, 15) is 22.0 Å². The zero-order chi connectivity index (χ0) is 17.3. The van der Waals surface area contributed by atoms with Gasteiger partial charge in [-0.3, -0.25) is 0 Å².